The van der Waals surface area contributed by atoms with Crippen LogP contribution >= 0.6 is 0 Å². The second-order valence-electron chi connectivity index (χ2n) is 5.83. The summed E-state index contributed by atoms with van der Waals surface area (Å²) in [6, 6.07) is 10.5. The molecule has 3 rings (SSSR count). The van der Waals surface area contributed by atoms with Crippen LogP contribution in [0.4, 0.5) is 0 Å². The van der Waals surface area contributed by atoms with Crippen LogP contribution in [0, 0.1) is 13.8 Å². The maximum absolute atomic E-state index is 11.1. The number of aryl methyl sites for hydroxylation is 1. The molecule has 0 radical (unpaired) electrons. The molecule has 4 nitrogen and oxygen atoms in total. The molecule has 2 heterocycles. The zero-order chi connectivity index (χ0) is 15.5. The molecule has 0 unspecified atom stereocenters. The van der Waals surface area contributed by atoms with Crippen LogP contribution < -0.4 is 0 Å². The number of rotatable bonds is 4. The van der Waals surface area contributed by atoms with Gasteiger partial charge in [0, 0.05) is 42.3 Å². The average Bonchev–Trinajstić information content (AvgIpc) is 2.83. The fourth-order valence-corrected chi connectivity index (χ4v) is 3.07. The standard InChI is InChI=1S/C18H22N2O2/c1-14-11-17(13-21)15(2)20(14)18-5-3-16(4-6-18)12-19-7-9-22-10-8-19/h3-6,11,13H,7-10,12H2,1-2H3. The van der Waals surface area contributed by atoms with E-state index in [2.05, 4.69) is 33.7 Å². The first-order valence-electron chi connectivity index (χ1n) is 7.72. The monoisotopic (exact) mass is 298 g/mol. The second-order valence-corrected chi connectivity index (χ2v) is 5.83. The Kier molecular flexibility index (Phi) is 4.41. The van der Waals surface area contributed by atoms with Crippen molar-refractivity contribution in [2.75, 3.05) is 26.3 Å². The molecule has 1 aromatic carbocycles. The van der Waals surface area contributed by atoms with Gasteiger partial charge in [0.15, 0.2) is 6.29 Å². The molecule has 116 valence electrons. The van der Waals surface area contributed by atoms with Crippen molar-refractivity contribution in [3.8, 4) is 5.69 Å². The van der Waals surface area contributed by atoms with Crippen molar-refractivity contribution in [2.45, 2.75) is 20.4 Å². The Morgan fingerprint density at radius 3 is 2.41 bits per heavy atom. The van der Waals surface area contributed by atoms with Crippen LogP contribution in [0.25, 0.3) is 5.69 Å². The van der Waals surface area contributed by atoms with Gasteiger partial charge in [0.2, 0.25) is 0 Å². The molecule has 2 aromatic rings. The summed E-state index contributed by atoms with van der Waals surface area (Å²) < 4.78 is 7.51. The van der Waals surface area contributed by atoms with Crippen LogP contribution in [-0.4, -0.2) is 42.1 Å². The quantitative estimate of drug-likeness (QED) is 0.814. The number of ether oxygens (including phenoxy) is 1. The third-order valence-electron chi connectivity index (χ3n) is 4.30. The Morgan fingerprint density at radius 2 is 1.82 bits per heavy atom. The van der Waals surface area contributed by atoms with E-state index in [-0.39, 0.29) is 0 Å². The smallest absolute Gasteiger partial charge is 0.151 e. The van der Waals surface area contributed by atoms with Gasteiger partial charge in [-0.3, -0.25) is 9.69 Å². The minimum atomic E-state index is 0.759. The third kappa shape index (κ3) is 2.98. The van der Waals surface area contributed by atoms with Gasteiger partial charge in [-0.25, -0.2) is 0 Å². The lowest BCUT2D eigenvalue weighted by molar-refractivity contribution is 0.0342. The largest absolute Gasteiger partial charge is 0.379 e. The number of aromatic nitrogens is 1. The number of morpholine rings is 1. The third-order valence-corrected chi connectivity index (χ3v) is 4.30. The molecule has 0 aliphatic carbocycles. The summed E-state index contributed by atoms with van der Waals surface area (Å²) in [6.07, 6.45) is 0.922. The lowest BCUT2D eigenvalue weighted by atomic mass is 10.2. The molecular weight excluding hydrogens is 276 g/mol. The first-order valence-corrected chi connectivity index (χ1v) is 7.72. The number of carbonyl (C=O) groups is 1. The highest BCUT2D eigenvalue weighted by molar-refractivity contribution is 5.77. The van der Waals surface area contributed by atoms with Crippen molar-refractivity contribution in [3.63, 3.8) is 0 Å². The molecule has 1 aliphatic rings. The molecule has 1 aromatic heterocycles. The summed E-state index contributed by atoms with van der Waals surface area (Å²) in [5, 5.41) is 0. The van der Waals surface area contributed by atoms with Gasteiger partial charge in [-0.05, 0) is 37.6 Å². The number of benzene rings is 1. The Bertz CT molecular complexity index is 652. The molecule has 22 heavy (non-hydrogen) atoms. The van der Waals surface area contributed by atoms with E-state index in [0.717, 1.165) is 61.8 Å². The average molecular weight is 298 g/mol. The van der Waals surface area contributed by atoms with Gasteiger partial charge in [-0.15, -0.1) is 0 Å². The van der Waals surface area contributed by atoms with Crippen LogP contribution in [0.2, 0.25) is 0 Å². The van der Waals surface area contributed by atoms with Crippen molar-refractivity contribution in [1.29, 1.82) is 0 Å². The molecule has 1 aliphatic heterocycles. The number of nitrogens with zero attached hydrogens (tertiary/aromatic N) is 2. The zero-order valence-electron chi connectivity index (χ0n) is 13.2. The predicted molar refractivity (Wildman–Crippen MR) is 86.7 cm³/mol. The summed E-state index contributed by atoms with van der Waals surface area (Å²) in [6.45, 7) is 8.63. The summed E-state index contributed by atoms with van der Waals surface area (Å²) >= 11 is 0. The Morgan fingerprint density at radius 1 is 1.14 bits per heavy atom. The first kappa shape index (κ1) is 15.0. The summed E-state index contributed by atoms with van der Waals surface area (Å²) in [4.78, 5) is 13.5. The molecular formula is C18H22N2O2. The highest BCUT2D eigenvalue weighted by Gasteiger charge is 2.12. The molecule has 0 saturated carbocycles. The van der Waals surface area contributed by atoms with Crippen molar-refractivity contribution in [3.05, 3.63) is 52.8 Å². The van der Waals surface area contributed by atoms with E-state index in [1.807, 2.05) is 19.9 Å². The zero-order valence-corrected chi connectivity index (χ0v) is 13.2. The lowest BCUT2D eigenvalue weighted by Crippen LogP contribution is -2.35. The SMILES string of the molecule is Cc1cc(C=O)c(C)n1-c1ccc(CN2CCOCC2)cc1. The van der Waals surface area contributed by atoms with Gasteiger partial charge in [-0.2, -0.15) is 0 Å². The Balaban J connectivity index is 1.79. The normalized spacial score (nSPS) is 15.9. The van der Waals surface area contributed by atoms with Crippen LogP contribution in [0.5, 0.6) is 0 Å². The minimum absolute atomic E-state index is 0.759. The van der Waals surface area contributed by atoms with E-state index < -0.39 is 0 Å². The summed E-state index contributed by atoms with van der Waals surface area (Å²) in [5.74, 6) is 0. The van der Waals surface area contributed by atoms with Gasteiger partial charge in [0.1, 0.15) is 0 Å². The molecule has 1 saturated heterocycles. The first-order chi connectivity index (χ1) is 10.7. The van der Waals surface area contributed by atoms with Crippen LogP contribution in [0.1, 0.15) is 27.3 Å². The van der Waals surface area contributed by atoms with Gasteiger partial charge in [0.25, 0.3) is 0 Å². The van der Waals surface area contributed by atoms with Crippen LogP contribution in [-0.2, 0) is 11.3 Å². The van der Waals surface area contributed by atoms with E-state index in [9.17, 15) is 4.79 Å². The predicted octanol–water partition coefficient (Wildman–Crippen LogP) is 2.74. The maximum Gasteiger partial charge on any atom is 0.151 e. The topological polar surface area (TPSA) is 34.5 Å². The van der Waals surface area contributed by atoms with Gasteiger partial charge < -0.3 is 9.30 Å². The molecule has 1 fully saturated rings. The molecule has 0 N–H and O–H groups in total. The minimum Gasteiger partial charge on any atom is -0.379 e. The fourth-order valence-electron chi connectivity index (χ4n) is 3.07. The molecule has 0 bridgehead atoms. The number of hydrogen-bond donors (Lipinski definition) is 0. The number of aldehydes is 1. The van der Waals surface area contributed by atoms with Crippen LogP contribution in [0.3, 0.4) is 0 Å². The molecule has 4 heteroatoms. The second kappa shape index (κ2) is 6.46. The molecule has 0 amide bonds. The van der Waals surface area contributed by atoms with E-state index in [4.69, 9.17) is 4.74 Å². The van der Waals surface area contributed by atoms with Gasteiger partial charge in [0.05, 0.1) is 13.2 Å². The Hall–Kier alpha value is -1.91. The van der Waals surface area contributed by atoms with Crippen molar-refractivity contribution < 1.29 is 9.53 Å². The number of carbonyl (C=O) groups excluding carboxylic acids is 1. The summed E-state index contributed by atoms with van der Waals surface area (Å²) in [7, 11) is 0. The van der Waals surface area contributed by atoms with Gasteiger partial charge in [-0.1, -0.05) is 12.1 Å². The van der Waals surface area contributed by atoms with E-state index in [1.54, 1.807) is 0 Å². The highest BCUT2D eigenvalue weighted by Crippen LogP contribution is 2.20. The van der Waals surface area contributed by atoms with E-state index >= 15 is 0 Å². The van der Waals surface area contributed by atoms with Crippen molar-refractivity contribution >= 4 is 6.29 Å². The van der Waals surface area contributed by atoms with Gasteiger partial charge >= 0.3 is 0 Å². The number of hydrogen-bond acceptors (Lipinski definition) is 3. The van der Waals surface area contributed by atoms with Crippen LogP contribution in [0.15, 0.2) is 30.3 Å². The van der Waals surface area contributed by atoms with E-state index in [1.165, 1.54) is 5.56 Å². The van der Waals surface area contributed by atoms with Crippen molar-refractivity contribution in [1.82, 2.24) is 9.47 Å². The summed E-state index contributed by atoms with van der Waals surface area (Å²) in [5.41, 5.74) is 5.25. The maximum atomic E-state index is 11.1. The van der Waals surface area contributed by atoms with E-state index in [0.29, 0.717) is 0 Å². The fraction of sp³-hybridized carbons (Fsp3) is 0.389. The lowest BCUT2D eigenvalue weighted by Gasteiger charge is -2.26. The van der Waals surface area contributed by atoms with Crippen molar-refractivity contribution in [2.24, 2.45) is 0 Å². The molecule has 0 spiro atoms. The molecule has 0 atom stereocenters. The Labute approximate surface area is 131 Å². The highest BCUT2D eigenvalue weighted by atomic mass is 16.5.